The number of rotatable bonds is 4. The molecule has 16 heavy (non-hydrogen) atoms. The molecule has 1 N–H and O–H groups in total. The molecule has 0 fully saturated rings. The SMILES string of the molecule is CNC(C)C(OC(C)=O)c1ccccc1.Cl. The highest BCUT2D eigenvalue weighted by Gasteiger charge is 2.20. The third-order valence-corrected chi connectivity index (χ3v) is 2.33. The Balaban J connectivity index is 0.00000225. The van der Waals surface area contributed by atoms with Crippen LogP contribution in [0.25, 0.3) is 0 Å². The first kappa shape index (κ1) is 14.9. The molecule has 4 heteroatoms. The lowest BCUT2D eigenvalue weighted by atomic mass is 10.0. The Morgan fingerprint density at radius 2 is 1.88 bits per heavy atom. The molecule has 2 atom stereocenters. The summed E-state index contributed by atoms with van der Waals surface area (Å²) < 4.78 is 5.29. The quantitative estimate of drug-likeness (QED) is 0.825. The van der Waals surface area contributed by atoms with E-state index in [2.05, 4.69) is 5.32 Å². The number of esters is 1. The second kappa shape index (κ2) is 7.25. The van der Waals surface area contributed by atoms with E-state index in [0.29, 0.717) is 0 Å². The molecule has 0 aliphatic heterocycles. The maximum Gasteiger partial charge on any atom is 0.303 e. The van der Waals surface area contributed by atoms with Crippen LogP contribution in [-0.2, 0) is 9.53 Å². The topological polar surface area (TPSA) is 38.3 Å². The molecule has 0 saturated heterocycles. The van der Waals surface area contributed by atoms with Crippen LogP contribution in [0, 0.1) is 0 Å². The molecule has 0 aromatic heterocycles. The number of carbonyl (C=O) groups is 1. The van der Waals surface area contributed by atoms with Crippen LogP contribution in [0.15, 0.2) is 30.3 Å². The molecule has 1 aromatic rings. The molecule has 0 heterocycles. The first-order chi connectivity index (χ1) is 7.15. The third-order valence-electron chi connectivity index (χ3n) is 2.33. The second-order valence-corrected chi connectivity index (χ2v) is 3.52. The van der Waals surface area contributed by atoms with E-state index in [1.165, 1.54) is 6.92 Å². The van der Waals surface area contributed by atoms with Crippen LogP contribution in [0.3, 0.4) is 0 Å². The fraction of sp³-hybridized carbons (Fsp3) is 0.417. The average Bonchev–Trinajstić information content (AvgIpc) is 2.26. The van der Waals surface area contributed by atoms with Crippen molar-refractivity contribution in [3.05, 3.63) is 35.9 Å². The van der Waals surface area contributed by atoms with Gasteiger partial charge in [-0.1, -0.05) is 30.3 Å². The summed E-state index contributed by atoms with van der Waals surface area (Å²) in [6, 6.07) is 9.83. The van der Waals surface area contributed by atoms with Crippen LogP contribution < -0.4 is 5.32 Å². The molecule has 3 nitrogen and oxygen atoms in total. The molecule has 0 amide bonds. The second-order valence-electron chi connectivity index (χ2n) is 3.52. The number of benzene rings is 1. The molecular formula is C12H18ClNO2. The van der Waals surface area contributed by atoms with Crippen molar-refractivity contribution in [2.75, 3.05) is 7.05 Å². The fourth-order valence-corrected chi connectivity index (χ4v) is 1.43. The van der Waals surface area contributed by atoms with Crippen molar-refractivity contribution in [3.8, 4) is 0 Å². The Kier molecular flexibility index (Phi) is 6.77. The summed E-state index contributed by atoms with van der Waals surface area (Å²) in [5.74, 6) is -0.258. The summed E-state index contributed by atoms with van der Waals surface area (Å²) in [5, 5.41) is 3.09. The lowest BCUT2D eigenvalue weighted by molar-refractivity contribution is -0.148. The monoisotopic (exact) mass is 243 g/mol. The maximum absolute atomic E-state index is 11.0. The van der Waals surface area contributed by atoms with Gasteiger partial charge in [-0.25, -0.2) is 0 Å². The largest absolute Gasteiger partial charge is 0.456 e. The van der Waals surface area contributed by atoms with Crippen LogP contribution in [0.4, 0.5) is 0 Å². The normalized spacial score (nSPS) is 13.4. The van der Waals surface area contributed by atoms with Crippen LogP contribution in [0.1, 0.15) is 25.5 Å². The minimum Gasteiger partial charge on any atom is -0.456 e. The van der Waals surface area contributed by atoms with E-state index in [1.807, 2.05) is 44.3 Å². The van der Waals surface area contributed by atoms with E-state index in [9.17, 15) is 4.79 Å². The molecule has 90 valence electrons. The maximum atomic E-state index is 11.0. The number of carbonyl (C=O) groups excluding carboxylic acids is 1. The number of nitrogens with one attached hydrogen (secondary N) is 1. The van der Waals surface area contributed by atoms with E-state index in [0.717, 1.165) is 5.56 Å². The number of likely N-dealkylation sites (N-methyl/N-ethyl adjacent to an activating group) is 1. The Bertz CT molecular complexity index is 316. The molecule has 0 bridgehead atoms. The van der Waals surface area contributed by atoms with Gasteiger partial charge in [0.05, 0.1) is 0 Å². The predicted molar refractivity (Wildman–Crippen MR) is 66.7 cm³/mol. The summed E-state index contributed by atoms with van der Waals surface area (Å²) in [6.07, 6.45) is -0.228. The first-order valence-corrected chi connectivity index (χ1v) is 5.04. The Morgan fingerprint density at radius 1 is 1.31 bits per heavy atom. The van der Waals surface area contributed by atoms with Crippen molar-refractivity contribution in [3.63, 3.8) is 0 Å². The molecular weight excluding hydrogens is 226 g/mol. The van der Waals surface area contributed by atoms with E-state index in [-0.39, 0.29) is 30.5 Å². The van der Waals surface area contributed by atoms with Gasteiger partial charge in [-0.05, 0) is 19.5 Å². The highest BCUT2D eigenvalue weighted by Crippen LogP contribution is 2.20. The van der Waals surface area contributed by atoms with Crippen molar-refractivity contribution in [1.29, 1.82) is 0 Å². The zero-order chi connectivity index (χ0) is 11.3. The van der Waals surface area contributed by atoms with Gasteiger partial charge in [-0.2, -0.15) is 0 Å². The van der Waals surface area contributed by atoms with Crippen LogP contribution in [-0.4, -0.2) is 19.1 Å². The van der Waals surface area contributed by atoms with Gasteiger partial charge < -0.3 is 10.1 Å². The minimum absolute atomic E-state index is 0. The van der Waals surface area contributed by atoms with Crippen LogP contribution in [0.2, 0.25) is 0 Å². The molecule has 0 aliphatic rings. The Morgan fingerprint density at radius 3 is 2.31 bits per heavy atom. The number of hydrogen-bond acceptors (Lipinski definition) is 3. The van der Waals surface area contributed by atoms with Gasteiger partial charge in [-0.3, -0.25) is 4.79 Å². The molecule has 1 rings (SSSR count). The van der Waals surface area contributed by atoms with Gasteiger partial charge in [0, 0.05) is 13.0 Å². The average molecular weight is 244 g/mol. The smallest absolute Gasteiger partial charge is 0.303 e. The molecule has 2 unspecified atom stereocenters. The lowest BCUT2D eigenvalue weighted by Crippen LogP contribution is -2.31. The van der Waals surface area contributed by atoms with Crippen molar-refractivity contribution >= 4 is 18.4 Å². The molecule has 0 aliphatic carbocycles. The lowest BCUT2D eigenvalue weighted by Gasteiger charge is -2.23. The van der Waals surface area contributed by atoms with Crippen LogP contribution >= 0.6 is 12.4 Å². The van der Waals surface area contributed by atoms with Crippen LogP contribution in [0.5, 0.6) is 0 Å². The Hall–Kier alpha value is -1.06. The van der Waals surface area contributed by atoms with Gasteiger partial charge in [0.2, 0.25) is 0 Å². The predicted octanol–water partition coefficient (Wildman–Crippen LogP) is 2.32. The molecule has 0 saturated carbocycles. The molecule has 1 aromatic carbocycles. The van der Waals surface area contributed by atoms with E-state index < -0.39 is 0 Å². The Labute approximate surface area is 103 Å². The van der Waals surface area contributed by atoms with Gasteiger partial charge in [-0.15, -0.1) is 12.4 Å². The first-order valence-electron chi connectivity index (χ1n) is 5.04. The summed E-state index contributed by atoms with van der Waals surface area (Å²) in [6.45, 7) is 3.42. The fourth-order valence-electron chi connectivity index (χ4n) is 1.43. The van der Waals surface area contributed by atoms with E-state index in [1.54, 1.807) is 0 Å². The van der Waals surface area contributed by atoms with E-state index >= 15 is 0 Å². The molecule has 0 radical (unpaired) electrons. The van der Waals surface area contributed by atoms with Crippen molar-refractivity contribution in [1.82, 2.24) is 5.32 Å². The van der Waals surface area contributed by atoms with Gasteiger partial charge in [0.1, 0.15) is 6.10 Å². The van der Waals surface area contributed by atoms with Crippen molar-refractivity contribution in [2.24, 2.45) is 0 Å². The standard InChI is InChI=1S/C12H17NO2.ClH/c1-9(13-3)12(15-10(2)14)11-7-5-4-6-8-11;/h4-9,12-13H,1-3H3;1H. The van der Waals surface area contributed by atoms with E-state index in [4.69, 9.17) is 4.74 Å². The number of hydrogen-bond donors (Lipinski definition) is 1. The third kappa shape index (κ3) is 4.21. The number of halogens is 1. The highest BCUT2D eigenvalue weighted by molar-refractivity contribution is 5.85. The van der Waals surface area contributed by atoms with Gasteiger partial charge >= 0.3 is 5.97 Å². The van der Waals surface area contributed by atoms with Gasteiger partial charge in [0.15, 0.2) is 0 Å². The molecule has 0 spiro atoms. The zero-order valence-corrected chi connectivity index (χ0v) is 10.6. The zero-order valence-electron chi connectivity index (χ0n) is 9.77. The minimum atomic E-state index is -0.258. The summed E-state index contributed by atoms with van der Waals surface area (Å²) in [7, 11) is 1.85. The summed E-state index contributed by atoms with van der Waals surface area (Å²) in [5.41, 5.74) is 1.01. The summed E-state index contributed by atoms with van der Waals surface area (Å²) in [4.78, 5) is 11.0. The van der Waals surface area contributed by atoms with Crippen molar-refractivity contribution in [2.45, 2.75) is 26.0 Å². The highest BCUT2D eigenvalue weighted by atomic mass is 35.5. The summed E-state index contributed by atoms with van der Waals surface area (Å²) >= 11 is 0. The van der Waals surface area contributed by atoms with Gasteiger partial charge in [0.25, 0.3) is 0 Å². The van der Waals surface area contributed by atoms with Crippen molar-refractivity contribution < 1.29 is 9.53 Å². The number of ether oxygens (including phenoxy) is 1.